The molecule has 7 nitrogen and oxygen atoms in total. The fourth-order valence-corrected chi connectivity index (χ4v) is 3.69. The summed E-state index contributed by atoms with van der Waals surface area (Å²) in [7, 11) is 0. The number of thioether (sulfide) groups is 1. The van der Waals surface area contributed by atoms with Crippen LogP contribution in [0.25, 0.3) is 5.65 Å². The van der Waals surface area contributed by atoms with Crippen molar-refractivity contribution in [1.29, 1.82) is 5.26 Å². The number of fused-ring (bicyclic) bond motifs is 2. The first kappa shape index (κ1) is 15.1. The SMILES string of the molecule is N#Cc1cnn2c(=O)[nH]c(SCc3cc(Cl)cc4c3OCC4)nc12. The molecular formula is C15H10ClN5O2S. The maximum atomic E-state index is 12.0. The van der Waals surface area contributed by atoms with E-state index in [1.165, 1.54) is 18.0 Å². The molecule has 9 heteroatoms. The number of hydrogen-bond acceptors (Lipinski definition) is 6. The Morgan fingerprint density at radius 3 is 3.21 bits per heavy atom. The summed E-state index contributed by atoms with van der Waals surface area (Å²) in [5.74, 6) is 1.40. The van der Waals surface area contributed by atoms with Crippen LogP contribution in [0.2, 0.25) is 5.02 Å². The first-order valence-electron chi connectivity index (χ1n) is 7.11. The Morgan fingerprint density at radius 2 is 2.38 bits per heavy atom. The van der Waals surface area contributed by atoms with E-state index in [0.717, 1.165) is 27.8 Å². The number of hydrogen-bond donors (Lipinski definition) is 1. The quantitative estimate of drug-likeness (QED) is 0.720. The summed E-state index contributed by atoms with van der Waals surface area (Å²) < 4.78 is 6.74. The molecule has 1 aromatic carbocycles. The lowest BCUT2D eigenvalue weighted by atomic mass is 10.1. The van der Waals surface area contributed by atoms with E-state index in [1.54, 1.807) is 0 Å². The van der Waals surface area contributed by atoms with Crippen LogP contribution in [-0.4, -0.2) is 26.2 Å². The van der Waals surface area contributed by atoms with Gasteiger partial charge in [0.2, 0.25) is 0 Å². The monoisotopic (exact) mass is 359 g/mol. The number of halogens is 1. The molecule has 0 saturated heterocycles. The van der Waals surface area contributed by atoms with Gasteiger partial charge in [0.1, 0.15) is 17.4 Å². The second-order valence-electron chi connectivity index (χ2n) is 5.19. The van der Waals surface area contributed by atoms with Crippen molar-refractivity contribution in [1.82, 2.24) is 19.6 Å². The Hall–Kier alpha value is -2.50. The molecule has 0 radical (unpaired) electrons. The van der Waals surface area contributed by atoms with Crippen LogP contribution in [0.5, 0.6) is 5.75 Å². The average molecular weight is 360 g/mol. The molecule has 1 aliphatic heterocycles. The highest BCUT2D eigenvalue weighted by Gasteiger charge is 2.18. The summed E-state index contributed by atoms with van der Waals surface area (Å²) >= 11 is 7.50. The number of aromatic nitrogens is 4. The fraction of sp³-hybridized carbons (Fsp3) is 0.200. The van der Waals surface area contributed by atoms with Crippen LogP contribution in [0.4, 0.5) is 0 Å². The molecular weight excluding hydrogens is 350 g/mol. The van der Waals surface area contributed by atoms with Gasteiger partial charge in [-0.1, -0.05) is 23.4 Å². The second kappa shape index (κ2) is 5.85. The van der Waals surface area contributed by atoms with E-state index < -0.39 is 5.69 Å². The van der Waals surface area contributed by atoms with E-state index in [-0.39, 0.29) is 11.2 Å². The molecule has 4 rings (SSSR count). The number of rotatable bonds is 3. The number of nitrogens with one attached hydrogen (secondary N) is 1. The maximum Gasteiger partial charge on any atom is 0.350 e. The Bertz CT molecular complexity index is 1050. The zero-order chi connectivity index (χ0) is 16.7. The van der Waals surface area contributed by atoms with E-state index >= 15 is 0 Å². The Morgan fingerprint density at radius 1 is 1.50 bits per heavy atom. The predicted molar refractivity (Wildman–Crippen MR) is 88.5 cm³/mol. The van der Waals surface area contributed by atoms with E-state index in [9.17, 15) is 4.79 Å². The molecule has 3 heterocycles. The van der Waals surface area contributed by atoms with Gasteiger partial charge in [0.25, 0.3) is 0 Å². The van der Waals surface area contributed by atoms with Crippen LogP contribution in [-0.2, 0) is 12.2 Å². The summed E-state index contributed by atoms with van der Waals surface area (Å²) in [6.45, 7) is 0.649. The molecule has 1 N–H and O–H groups in total. The van der Waals surface area contributed by atoms with Crippen LogP contribution >= 0.6 is 23.4 Å². The Labute approximate surface area is 145 Å². The van der Waals surface area contributed by atoms with Crippen molar-refractivity contribution in [3.8, 4) is 11.8 Å². The minimum atomic E-state index is -0.434. The lowest BCUT2D eigenvalue weighted by Gasteiger charge is -2.08. The lowest BCUT2D eigenvalue weighted by molar-refractivity contribution is 0.354. The minimum absolute atomic E-state index is 0.247. The van der Waals surface area contributed by atoms with E-state index in [2.05, 4.69) is 15.1 Å². The molecule has 2 aromatic heterocycles. The van der Waals surface area contributed by atoms with Gasteiger partial charge < -0.3 is 4.74 Å². The standard InChI is InChI=1S/C15H10ClN5O2S/c16-11-3-8-1-2-23-12(8)9(4-11)7-24-14-19-13-10(5-17)6-18-21(13)15(22)20-14/h3-4,6H,1-2,7H2,(H,19,20,22). The van der Waals surface area contributed by atoms with Crippen molar-refractivity contribution in [2.45, 2.75) is 17.3 Å². The largest absolute Gasteiger partial charge is 0.493 e. The van der Waals surface area contributed by atoms with Gasteiger partial charge in [-0.15, -0.1) is 0 Å². The lowest BCUT2D eigenvalue weighted by Crippen LogP contribution is -2.19. The number of H-pyrrole nitrogens is 1. The maximum absolute atomic E-state index is 12.0. The van der Waals surface area contributed by atoms with Crippen LogP contribution in [0, 0.1) is 11.3 Å². The number of nitrogens with zero attached hydrogens (tertiary/aromatic N) is 4. The molecule has 0 atom stereocenters. The highest BCUT2D eigenvalue weighted by atomic mass is 35.5. The molecule has 120 valence electrons. The molecule has 24 heavy (non-hydrogen) atoms. The molecule has 0 unspecified atom stereocenters. The number of aromatic amines is 1. The Balaban J connectivity index is 1.67. The zero-order valence-electron chi connectivity index (χ0n) is 12.2. The van der Waals surface area contributed by atoms with Crippen LogP contribution < -0.4 is 10.4 Å². The van der Waals surface area contributed by atoms with Crippen molar-refractivity contribution in [3.05, 3.63) is 50.5 Å². The van der Waals surface area contributed by atoms with Crippen molar-refractivity contribution >= 4 is 29.0 Å². The van der Waals surface area contributed by atoms with E-state index in [1.807, 2.05) is 18.2 Å². The zero-order valence-corrected chi connectivity index (χ0v) is 13.8. The van der Waals surface area contributed by atoms with Crippen molar-refractivity contribution in [2.24, 2.45) is 0 Å². The van der Waals surface area contributed by atoms with Gasteiger partial charge in [-0.3, -0.25) is 4.98 Å². The third kappa shape index (κ3) is 2.52. The highest BCUT2D eigenvalue weighted by molar-refractivity contribution is 7.98. The average Bonchev–Trinajstić information content (AvgIpc) is 3.18. The van der Waals surface area contributed by atoms with Gasteiger partial charge in [0.05, 0.1) is 12.8 Å². The molecule has 0 spiro atoms. The van der Waals surface area contributed by atoms with Crippen LogP contribution in [0.1, 0.15) is 16.7 Å². The summed E-state index contributed by atoms with van der Waals surface area (Å²) in [6, 6.07) is 5.74. The topological polar surface area (TPSA) is 96.1 Å². The van der Waals surface area contributed by atoms with Crippen molar-refractivity contribution in [3.63, 3.8) is 0 Å². The number of benzene rings is 1. The molecule has 0 amide bonds. The van der Waals surface area contributed by atoms with E-state index in [4.69, 9.17) is 21.6 Å². The molecule has 0 bridgehead atoms. The third-order valence-electron chi connectivity index (χ3n) is 3.67. The second-order valence-corrected chi connectivity index (χ2v) is 6.59. The minimum Gasteiger partial charge on any atom is -0.493 e. The first-order valence-corrected chi connectivity index (χ1v) is 8.47. The van der Waals surface area contributed by atoms with Crippen LogP contribution in [0.15, 0.2) is 28.3 Å². The molecule has 1 aliphatic rings. The van der Waals surface area contributed by atoms with Gasteiger partial charge in [-0.05, 0) is 17.7 Å². The fourth-order valence-electron chi connectivity index (χ4n) is 2.61. The number of ether oxygens (including phenoxy) is 1. The van der Waals surface area contributed by atoms with Gasteiger partial charge >= 0.3 is 5.69 Å². The normalized spacial score (nSPS) is 12.8. The van der Waals surface area contributed by atoms with Crippen molar-refractivity contribution in [2.75, 3.05) is 6.61 Å². The molecule has 0 fully saturated rings. The van der Waals surface area contributed by atoms with Crippen molar-refractivity contribution < 1.29 is 4.74 Å². The van der Waals surface area contributed by atoms with Gasteiger partial charge in [0.15, 0.2) is 10.8 Å². The van der Waals surface area contributed by atoms with E-state index in [0.29, 0.717) is 22.5 Å². The predicted octanol–water partition coefficient (Wildman–Crippen LogP) is 2.17. The molecule has 3 aromatic rings. The van der Waals surface area contributed by atoms with Gasteiger partial charge in [-0.25, -0.2) is 9.78 Å². The Kier molecular flexibility index (Phi) is 3.67. The summed E-state index contributed by atoms with van der Waals surface area (Å²) in [5, 5.41) is 14.0. The summed E-state index contributed by atoms with van der Waals surface area (Å²) in [4.78, 5) is 19.0. The molecule has 0 aliphatic carbocycles. The van der Waals surface area contributed by atoms with Gasteiger partial charge in [0, 0.05) is 22.8 Å². The highest BCUT2D eigenvalue weighted by Crippen LogP contribution is 2.35. The van der Waals surface area contributed by atoms with Crippen LogP contribution in [0.3, 0.4) is 0 Å². The first-order chi connectivity index (χ1) is 11.7. The summed E-state index contributed by atoms with van der Waals surface area (Å²) in [5.41, 5.74) is 2.12. The number of nitriles is 1. The smallest absolute Gasteiger partial charge is 0.350 e. The third-order valence-corrected chi connectivity index (χ3v) is 4.81. The summed E-state index contributed by atoms with van der Waals surface area (Å²) in [6.07, 6.45) is 2.17. The van der Waals surface area contributed by atoms with Gasteiger partial charge in [-0.2, -0.15) is 14.9 Å². The molecule has 0 saturated carbocycles.